The fraction of sp³-hybridized carbons (Fsp3) is 0.471. The number of ether oxygens (including phenoxy) is 1. The van der Waals surface area contributed by atoms with Crippen LogP contribution in [0, 0.1) is 5.92 Å². The van der Waals surface area contributed by atoms with Crippen LogP contribution in [-0.2, 0) is 11.2 Å². The molecule has 1 saturated carbocycles. The lowest BCUT2D eigenvalue weighted by molar-refractivity contribution is -0.111. The van der Waals surface area contributed by atoms with Crippen LogP contribution in [-0.4, -0.2) is 17.6 Å². The van der Waals surface area contributed by atoms with Gasteiger partial charge in [-0.1, -0.05) is 17.7 Å². The van der Waals surface area contributed by atoms with Gasteiger partial charge in [0.05, 0.1) is 6.61 Å². The normalized spacial score (nSPS) is 25.8. The molecule has 0 spiro atoms. The molecule has 3 nitrogen and oxygen atoms in total. The maximum atomic E-state index is 13.1. The fourth-order valence-electron chi connectivity index (χ4n) is 2.70. The number of hydrogen-bond acceptors (Lipinski definition) is 2. The summed E-state index contributed by atoms with van der Waals surface area (Å²) in [7, 11) is 0. The van der Waals surface area contributed by atoms with Gasteiger partial charge in [0.15, 0.2) is 5.13 Å². The number of carbonyl (C=O) groups is 1. The van der Waals surface area contributed by atoms with Crippen molar-refractivity contribution in [3.63, 3.8) is 0 Å². The minimum Gasteiger partial charge on any atom is -0.493 e. The lowest BCUT2D eigenvalue weighted by atomic mass is 10.1. The molecule has 1 N–H and O–H groups in total. The van der Waals surface area contributed by atoms with E-state index in [9.17, 15) is 9.18 Å². The standard InChI is InChI=1S/C17H19ClFNO2/c18-17(19)11-13(17)4-2-1-3-5-16(21)20-14-6-7-15-12(10-14)8-9-22-15/h3,5-7,10,13H,1-2,4,8-9,11H2,(H,20,21)/b5-3+. The van der Waals surface area contributed by atoms with E-state index in [1.807, 2.05) is 24.3 Å². The number of rotatable bonds is 6. The molecule has 2 atom stereocenters. The number of fused-ring (bicyclic) bond motifs is 1. The van der Waals surface area contributed by atoms with Gasteiger partial charge in [-0.2, -0.15) is 0 Å². The zero-order valence-electron chi connectivity index (χ0n) is 12.3. The third kappa shape index (κ3) is 3.80. The van der Waals surface area contributed by atoms with E-state index in [-0.39, 0.29) is 11.8 Å². The minimum absolute atomic E-state index is 0.00924. The average Bonchev–Trinajstić information content (AvgIpc) is 2.86. The van der Waals surface area contributed by atoms with Crippen LogP contribution in [0.1, 0.15) is 31.2 Å². The van der Waals surface area contributed by atoms with Gasteiger partial charge in [0, 0.05) is 24.4 Å². The molecule has 2 unspecified atom stereocenters. The number of nitrogens with one attached hydrogen (secondary N) is 1. The monoisotopic (exact) mass is 323 g/mol. The maximum Gasteiger partial charge on any atom is 0.248 e. The van der Waals surface area contributed by atoms with E-state index < -0.39 is 5.13 Å². The Morgan fingerprint density at radius 3 is 3.14 bits per heavy atom. The van der Waals surface area contributed by atoms with Crippen LogP contribution < -0.4 is 10.1 Å². The molecule has 1 aromatic carbocycles. The Balaban J connectivity index is 1.39. The van der Waals surface area contributed by atoms with Gasteiger partial charge >= 0.3 is 0 Å². The predicted molar refractivity (Wildman–Crippen MR) is 85.1 cm³/mol. The van der Waals surface area contributed by atoms with Crippen molar-refractivity contribution in [2.75, 3.05) is 11.9 Å². The molecule has 1 fully saturated rings. The molecule has 3 rings (SSSR count). The van der Waals surface area contributed by atoms with Crippen LogP contribution in [0.15, 0.2) is 30.4 Å². The second kappa shape index (κ2) is 6.29. The van der Waals surface area contributed by atoms with Gasteiger partial charge in [0.25, 0.3) is 0 Å². The molecule has 1 aromatic rings. The number of halogens is 2. The fourth-order valence-corrected chi connectivity index (χ4v) is 3.00. The van der Waals surface area contributed by atoms with Crippen LogP contribution >= 0.6 is 11.6 Å². The van der Waals surface area contributed by atoms with Gasteiger partial charge in [-0.25, -0.2) is 4.39 Å². The van der Waals surface area contributed by atoms with E-state index >= 15 is 0 Å². The molecule has 1 aliphatic carbocycles. The molecular weight excluding hydrogens is 305 g/mol. The van der Waals surface area contributed by atoms with E-state index in [1.165, 1.54) is 6.08 Å². The van der Waals surface area contributed by atoms with Crippen LogP contribution in [0.25, 0.3) is 0 Å². The molecular formula is C17H19ClFNO2. The summed E-state index contributed by atoms with van der Waals surface area (Å²) >= 11 is 5.54. The third-order valence-electron chi connectivity index (χ3n) is 4.11. The topological polar surface area (TPSA) is 38.3 Å². The first-order chi connectivity index (χ1) is 10.5. The van der Waals surface area contributed by atoms with Crippen LogP contribution in [0.5, 0.6) is 5.75 Å². The Morgan fingerprint density at radius 2 is 2.36 bits per heavy atom. The molecule has 1 heterocycles. The number of amides is 1. The van der Waals surface area contributed by atoms with E-state index in [1.54, 1.807) is 0 Å². The van der Waals surface area contributed by atoms with Crippen molar-refractivity contribution in [2.45, 2.75) is 37.2 Å². The molecule has 118 valence electrons. The summed E-state index contributed by atoms with van der Waals surface area (Å²) in [5.41, 5.74) is 1.91. The summed E-state index contributed by atoms with van der Waals surface area (Å²) in [5.74, 6) is 0.740. The molecule has 0 aromatic heterocycles. The average molecular weight is 324 g/mol. The first-order valence-electron chi connectivity index (χ1n) is 7.66. The van der Waals surface area contributed by atoms with E-state index in [0.717, 1.165) is 42.7 Å². The molecule has 22 heavy (non-hydrogen) atoms. The Hall–Kier alpha value is -1.55. The van der Waals surface area contributed by atoms with Crippen molar-refractivity contribution in [3.8, 4) is 5.75 Å². The minimum atomic E-state index is -1.46. The summed E-state index contributed by atoms with van der Waals surface area (Å²) < 4.78 is 18.5. The summed E-state index contributed by atoms with van der Waals surface area (Å²) in [5, 5.41) is 1.37. The van der Waals surface area contributed by atoms with Crippen molar-refractivity contribution < 1.29 is 13.9 Å². The number of anilines is 1. The summed E-state index contributed by atoms with van der Waals surface area (Å²) in [6.07, 6.45) is 7.07. The van der Waals surface area contributed by atoms with Gasteiger partial charge in [-0.15, -0.1) is 0 Å². The van der Waals surface area contributed by atoms with E-state index in [0.29, 0.717) is 13.0 Å². The second-order valence-electron chi connectivity index (χ2n) is 5.91. The summed E-state index contributed by atoms with van der Waals surface area (Å²) in [6.45, 7) is 0.704. The lowest BCUT2D eigenvalue weighted by Crippen LogP contribution is -2.07. The number of benzene rings is 1. The highest BCUT2D eigenvalue weighted by Crippen LogP contribution is 2.53. The van der Waals surface area contributed by atoms with Crippen molar-refractivity contribution >= 4 is 23.2 Å². The van der Waals surface area contributed by atoms with Crippen molar-refractivity contribution in [2.24, 2.45) is 5.92 Å². The molecule has 0 bridgehead atoms. The quantitative estimate of drug-likeness (QED) is 0.484. The Morgan fingerprint density at radius 1 is 1.55 bits per heavy atom. The smallest absolute Gasteiger partial charge is 0.248 e. The number of carbonyl (C=O) groups excluding carboxylic acids is 1. The first-order valence-corrected chi connectivity index (χ1v) is 8.03. The SMILES string of the molecule is O=C(/C=C/CCCC1CC1(F)Cl)Nc1ccc2c(c1)CCO2. The van der Waals surface area contributed by atoms with Gasteiger partial charge in [-0.05, 0) is 49.1 Å². The summed E-state index contributed by atoms with van der Waals surface area (Å²) in [4.78, 5) is 11.8. The molecule has 1 amide bonds. The van der Waals surface area contributed by atoms with Crippen LogP contribution in [0.3, 0.4) is 0 Å². The maximum absolute atomic E-state index is 13.1. The predicted octanol–water partition coefficient (Wildman–Crippen LogP) is 4.21. The first kappa shape index (κ1) is 15.3. The Kier molecular flexibility index (Phi) is 4.39. The molecule has 5 heteroatoms. The van der Waals surface area contributed by atoms with Crippen LogP contribution in [0.2, 0.25) is 0 Å². The zero-order valence-corrected chi connectivity index (χ0v) is 13.0. The van der Waals surface area contributed by atoms with Crippen LogP contribution in [0.4, 0.5) is 10.1 Å². The lowest BCUT2D eigenvalue weighted by Gasteiger charge is -2.04. The number of hydrogen-bond donors (Lipinski definition) is 1. The second-order valence-corrected chi connectivity index (χ2v) is 6.53. The van der Waals surface area contributed by atoms with Crippen molar-refractivity contribution in [1.29, 1.82) is 0 Å². The summed E-state index contributed by atoms with van der Waals surface area (Å²) in [6, 6.07) is 5.67. The Labute approximate surface area is 134 Å². The Bertz CT molecular complexity index is 600. The number of alkyl halides is 2. The van der Waals surface area contributed by atoms with E-state index in [4.69, 9.17) is 16.3 Å². The zero-order chi connectivity index (χ0) is 15.6. The highest BCUT2D eigenvalue weighted by molar-refractivity contribution is 6.24. The molecule has 2 aliphatic rings. The van der Waals surface area contributed by atoms with Gasteiger partial charge in [-0.3, -0.25) is 4.79 Å². The van der Waals surface area contributed by atoms with Gasteiger partial charge in [0.1, 0.15) is 5.75 Å². The largest absolute Gasteiger partial charge is 0.493 e. The van der Waals surface area contributed by atoms with Gasteiger partial charge < -0.3 is 10.1 Å². The number of unbranched alkanes of at least 4 members (excludes halogenated alkanes) is 1. The third-order valence-corrected chi connectivity index (χ3v) is 4.57. The molecule has 1 aliphatic heterocycles. The molecule has 0 radical (unpaired) electrons. The van der Waals surface area contributed by atoms with E-state index in [2.05, 4.69) is 5.32 Å². The molecule has 0 saturated heterocycles. The van der Waals surface area contributed by atoms with Crippen molar-refractivity contribution in [1.82, 2.24) is 0 Å². The van der Waals surface area contributed by atoms with Crippen molar-refractivity contribution in [3.05, 3.63) is 35.9 Å². The van der Waals surface area contributed by atoms with Gasteiger partial charge in [0.2, 0.25) is 5.91 Å². The number of allylic oxidation sites excluding steroid dienone is 1. The highest BCUT2D eigenvalue weighted by Gasteiger charge is 2.53. The highest BCUT2D eigenvalue weighted by atomic mass is 35.5.